The second-order valence-electron chi connectivity index (χ2n) is 6.10. The van der Waals surface area contributed by atoms with E-state index in [2.05, 4.69) is 27.6 Å². The maximum absolute atomic E-state index is 12.4. The highest BCUT2D eigenvalue weighted by Gasteiger charge is 2.22. The van der Waals surface area contributed by atoms with Crippen LogP contribution >= 0.6 is 0 Å². The van der Waals surface area contributed by atoms with Crippen molar-refractivity contribution >= 4 is 5.91 Å². The molecule has 0 aliphatic carbocycles. The lowest BCUT2D eigenvalue weighted by molar-refractivity contribution is 0.0411. The highest BCUT2D eigenvalue weighted by molar-refractivity contribution is 5.93. The minimum absolute atomic E-state index is 0.125. The molecule has 0 bridgehead atoms. The van der Waals surface area contributed by atoms with Crippen molar-refractivity contribution in [3.63, 3.8) is 0 Å². The smallest absolute Gasteiger partial charge is 0.271 e. The number of ether oxygens (including phenoxy) is 1. The molecule has 25 heavy (non-hydrogen) atoms. The van der Waals surface area contributed by atoms with E-state index in [0.717, 1.165) is 17.7 Å². The number of benzene rings is 1. The Morgan fingerprint density at radius 3 is 3.04 bits per heavy atom. The molecule has 0 unspecified atom stereocenters. The van der Waals surface area contributed by atoms with Crippen LogP contribution < -0.4 is 5.32 Å². The summed E-state index contributed by atoms with van der Waals surface area (Å²) in [5.41, 5.74) is 3.43. The number of nitrogens with zero attached hydrogens (tertiary/aromatic N) is 1. The zero-order chi connectivity index (χ0) is 17.2. The van der Waals surface area contributed by atoms with E-state index in [0.29, 0.717) is 30.3 Å². The first-order chi connectivity index (χ1) is 12.2. The highest BCUT2D eigenvalue weighted by atomic mass is 16.5. The summed E-state index contributed by atoms with van der Waals surface area (Å²) in [6.45, 7) is 2.95. The summed E-state index contributed by atoms with van der Waals surface area (Å²) in [5, 5.41) is 9.81. The average Bonchev–Trinajstić information content (AvgIpc) is 3.28. The van der Waals surface area contributed by atoms with Crippen LogP contribution in [0.2, 0.25) is 0 Å². The van der Waals surface area contributed by atoms with E-state index in [1.165, 1.54) is 5.56 Å². The van der Waals surface area contributed by atoms with Gasteiger partial charge in [-0.05, 0) is 36.6 Å². The van der Waals surface area contributed by atoms with Crippen molar-refractivity contribution in [3.05, 3.63) is 65.0 Å². The summed E-state index contributed by atoms with van der Waals surface area (Å²) >= 11 is 0. The van der Waals surface area contributed by atoms with Crippen molar-refractivity contribution in [2.24, 2.45) is 0 Å². The van der Waals surface area contributed by atoms with Crippen LogP contribution in [0, 0.1) is 6.92 Å². The standard InChI is InChI=1S/C19H19N3O3/c1-12-6-7-17(25-12)15-10-16(22-21-15)19(23)20-11-18-14-5-3-2-4-13(14)8-9-24-18/h2-7,10,18H,8-9,11H2,1H3,(H,20,23)(H,21,22)/t18-/m1/s1. The number of aryl methyl sites for hydroxylation is 1. The number of furan rings is 1. The quantitative estimate of drug-likeness (QED) is 0.767. The predicted octanol–water partition coefficient (Wildman–Crippen LogP) is 3.02. The Morgan fingerprint density at radius 2 is 2.20 bits per heavy atom. The zero-order valence-corrected chi connectivity index (χ0v) is 13.9. The van der Waals surface area contributed by atoms with Crippen LogP contribution in [0.3, 0.4) is 0 Å². The molecule has 0 radical (unpaired) electrons. The zero-order valence-electron chi connectivity index (χ0n) is 13.9. The molecule has 0 saturated carbocycles. The normalized spacial score (nSPS) is 16.4. The molecule has 6 nitrogen and oxygen atoms in total. The summed E-state index contributed by atoms with van der Waals surface area (Å²) in [5.74, 6) is 1.23. The largest absolute Gasteiger partial charge is 0.460 e. The molecule has 1 atom stereocenters. The number of hydrogen-bond donors (Lipinski definition) is 2. The first-order valence-corrected chi connectivity index (χ1v) is 8.30. The molecular formula is C19H19N3O3. The van der Waals surface area contributed by atoms with Gasteiger partial charge in [-0.3, -0.25) is 9.89 Å². The van der Waals surface area contributed by atoms with E-state index in [9.17, 15) is 4.79 Å². The summed E-state index contributed by atoms with van der Waals surface area (Å²) < 4.78 is 11.3. The number of nitrogens with one attached hydrogen (secondary N) is 2. The van der Waals surface area contributed by atoms with Gasteiger partial charge in [-0.2, -0.15) is 5.10 Å². The molecule has 0 fully saturated rings. The summed E-state index contributed by atoms with van der Waals surface area (Å²) in [7, 11) is 0. The molecule has 1 amide bonds. The van der Waals surface area contributed by atoms with E-state index in [1.54, 1.807) is 6.07 Å². The van der Waals surface area contributed by atoms with Crippen LogP contribution in [-0.4, -0.2) is 29.3 Å². The molecule has 1 aromatic carbocycles. The summed E-state index contributed by atoms with van der Waals surface area (Å²) in [6.07, 6.45) is 0.784. The maximum atomic E-state index is 12.4. The van der Waals surface area contributed by atoms with Gasteiger partial charge in [0.25, 0.3) is 5.91 Å². The molecule has 1 aliphatic heterocycles. The van der Waals surface area contributed by atoms with Gasteiger partial charge in [-0.15, -0.1) is 0 Å². The first kappa shape index (κ1) is 15.7. The molecule has 0 saturated heterocycles. The average molecular weight is 337 g/mol. The fourth-order valence-electron chi connectivity index (χ4n) is 3.07. The minimum atomic E-state index is -0.238. The molecule has 2 N–H and O–H groups in total. The number of fused-ring (bicyclic) bond motifs is 1. The van der Waals surface area contributed by atoms with E-state index in [-0.39, 0.29) is 12.0 Å². The number of aromatic nitrogens is 2. The highest BCUT2D eigenvalue weighted by Crippen LogP contribution is 2.26. The molecule has 2 aromatic heterocycles. The van der Waals surface area contributed by atoms with Gasteiger partial charge in [0, 0.05) is 12.6 Å². The Labute approximate surface area is 145 Å². The van der Waals surface area contributed by atoms with Crippen LogP contribution in [0.25, 0.3) is 11.5 Å². The Bertz CT molecular complexity index is 897. The van der Waals surface area contributed by atoms with Gasteiger partial charge in [-0.25, -0.2) is 0 Å². The Kier molecular flexibility index (Phi) is 4.11. The number of H-pyrrole nitrogens is 1. The van der Waals surface area contributed by atoms with Crippen molar-refractivity contribution in [3.8, 4) is 11.5 Å². The predicted molar refractivity (Wildman–Crippen MR) is 92.2 cm³/mol. The van der Waals surface area contributed by atoms with Gasteiger partial charge in [0.05, 0.1) is 6.61 Å². The van der Waals surface area contributed by atoms with Gasteiger partial charge in [0.1, 0.15) is 17.6 Å². The van der Waals surface area contributed by atoms with Gasteiger partial charge >= 0.3 is 0 Å². The van der Waals surface area contributed by atoms with Crippen molar-refractivity contribution in [1.29, 1.82) is 0 Å². The van der Waals surface area contributed by atoms with E-state index >= 15 is 0 Å². The topological polar surface area (TPSA) is 80.1 Å². The molecule has 128 valence electrons. The fourth-order valence-corrected chi connectivity index (χ4v) is 3.07. The lowest BCUT2D eigenvalue weighted by atomic mass is 9.97. The lowest BCUT2D eigenvalue weighted by Gasteiger charge is -2.26. The number of carbonyl (C=O) groups excluding carboxylic acids is 1. The molecule has 3 heterocycles. The van der Waals surface area contributed by atoms with E-state index in [4.69, 9.17) is 9.15 Å². The molecule has 3 aromatic rings. The van der Waals surface area contributed by atoms with Gasteiger partial charge < -0.3 is 14.5 Å². The molecule has 1 aliphatic rings. The third kappa shape index (κ3) is 3.21. The van der Waals surface area contributed by atoms with Crippen LogP contribution in [-0.2, 0) is 11.2 Å². The van der Waals surface area contributed by atoms with Crippen LogP contribution in [0.1, 0.15) is 33.5 Å². The molecular weight excluding hydrogens is 318 g/mol. The van der Waals surface area contributed by atoms with E-state index < -0.39 is 0 Å². The summed E-state index contributed by atoms with van der Waals surface area (Å²) in [6, 6.07) is 13.6. The monoisotopic (exact) mass is 337 g/mol. The Morgan fingerprint density at radius 1 is 1.32 bits per heavy atom. The second kappa shape index (κ2) is 6.57. The fraction of sp³-hybridized carbons (Fsp3) is 0.263. The number of aromatic amines is 1. The van der Waals surface area contributed by atoms with E-state index in [1.807, 2.05) is 31.2 Å². The third-order valence-corrected chi connectivity index (χ3v) is 4.36. The van der Waals surface area contributed by atoms with Crippen LogP contribution in [0.5, 0.6) is 0 Å². The van der Waals surface area contributed by atoms with Gasteiger partial charge in [-0.1, -0.05) is 24.3 Å². The van der Waals surface area contributed by atoms with Crippen LogP contribution in [0.4, 0.5) is 0 Å². The SMILES string of the molecule is Cc1ccc(-c2cc(C(=O)NC[C@H]3OCCc4ccccc43)n[nH]2)o1. The second-order valence-corrected chi connectivity index (χ2v) is 6.10. The van der Waals surface area contributed by atoms with Crippen molar-refractivity contribution in [1.82, 2.24) is 15.5 Å². The Balaban J connectivity index is 1.43. The number of rotatable bonds is 4. The van der Waals surface area contributed by atoms with Gasteiger partial charge in [0.2, 0.25) is 0 Å². The number of amides is 1. The van der Waals surface area contributed by atoms with Crippen molar-refractivity contribution in [2.45, 2.75) is 19.4 Å². The molecule has 6 heteroatoms. The minimum Gasteiger partial charge on any atom is -0.460 e. The molecule has 0 spiro atoms. The van der Waals surface area contributed by atoms with Crippen molar-refractivity contribution < 1.29 is 13.9 Å². The Hall–Kier alpha value is -2.86. The molecule has 4 rings (SSSR count). The van der Waals surface area contributed by atoms with Crippen LogP contribution in [0.15, 0.2) is 46.9 Å². The maximum Gasteiger partial charge on any atom is 0.271 e. The number of carbonyl (C=O) groups is 1. The lowest BCUT2D eigenvalue weighted by Crippen LogP contribution is -2.32. The number of hydrogen-bond acceptors (Lipinski definition) is 4. The third-order valence-electron chi connectivity index (χ3n) is 4.36. The first-order valence-electron chi connectivity index (χ1n) is 8.30. The van der Waals surface area contributed by atoms with Gasteiger partial charge in [0.15, 0.2) is 11.5 Å². The summed E-state index contributed by atoms with van der Waals surface area (Å²) in [4.78, 5) is 12.4. The van der Waals surface area contributed by atoms with Crippen molar-refractivity contribution in [2.75, 3.05) is 13.2 Å².